The average molecular weight is 461 g/mol. The highest BCUT2D eigenvalue weighted by Gasteiger charge is 2.45. The van der Waals surface area contributed by atoms with E-state index in [2.05, 4.69) is 22.9 Å². The molecule has 2 aromatic rings. The normalized spacial score (nSPS) is 17.9. The van der Waals surface area contributed by atoms with Crippen LogP contribution in [0.4, 0.5) is 4.39 Å². The van der Waals surface area contributed by atoms with Crippen LogP contribution in [0.1, 0.15) is 49.7 Å². The summed E-state index contributed by atoms with van der Waals surface area (Å²) in [7, 11) is 1.23. The molecule has 1 atom stereocenters. The Morgan fingerprint density at radius 3 is 2.38 bits per heavy atom. The van der Waals surface area contributed by atoms with Crippen molar-refractivity contribution in [2.45, 2.75) is 44.6 Å². The third kappa shape index (κ3) is 4.95. The maximum Gasteiger partial charge on any atom is 0.313 e. The van der Waals surface area contributed by atoms with Gasteiger partial charge in [-0.2, -0.15) is 0 Å². The van der Waals surface area contributed by atoms with Gasteiger partial charge in [-0.3, -0.25) is 9.59 Å². The zero-order valence-corrected chi connectivity index (χ0v) is 19.3. The number of benzene rings is 2. The Hall–Kier alpha value is -3.31. The van der Waals surface area contributed by atoms with Gasteiger partial charge in [-0.15, -0.1) is 0 Å². The van der Waals surface area contributed by atoms with Crippen LogP contribution in [-0.2, 0) is 14.3 Å². The van der Waals surface area contributed by atoms with Crippen molar-refractivity contribution in [3.63, 3.8) is 0 Å². The summed E-state index contributed by atoms with van der Waals surface area (Å²) in [6.45, 7) is 0. The number of esters is 1. The molecule has 1 unspecified atom stereocenters. The van der Waals surface area contributed by atoms with E-state index in [1.54, 1.807) is 18.2 Å². The van der Waals surface area contributed by atoms with Gasteiger partial charge in [-0.1, -0.05) is 67.5 Å². The summed E-state index contributed by atoms with van der Waals surface area (Å²) >= 11 is 0. The minimum absolute atomic E-state index is 0.156. The minimum atomic E-state index is -1.02. The molecule has 0 aromatic heterocycles. The first-order chi connectivity index (χ1) is 16.4. The molecular weight excluding hydrogens is 431 g/mol. The molecular formula is C29H29FO4. The van der Waals surface area contributed by atoms with Crippen LogP contribution in [0.2, 0.25) is 0 Å². The highest BCUT2D eigenvalue weighted by atomic mass is 19.1. The maximum atomic E-state index is 13.7. The summed E-state index contributed by atoms with van der Waals surface area (Å²) in [5.41, 5.74) is 5.19. The van der Waals surface area contributed by atoms with Crippen LogP contribution in [0.3, 0.4) is 0 Å². The van der Waals surface area contributed by atoms with Crippen LogP contribution >= 0.6 is 0 Å². The van der Waals surface area contributed by atoms with Gasteiger partial charge in [0.1, 0.15) is 18.0 Å². The van der Waals surface area contributed by atoms with Crippen LogP contribution in [0.15, 0.2) is 78.4 Å². The quantitative estimate of drug-likeness (QED) is 0.407. The lowest BCUT2D eigenvalue weighted by Crippen LogP contribution is -2.19. The van der Waals surface area contributed by atoms with Gasteiger partial charge in [0.2, 0.25) is 0 Å². The lowest BCUT2D eigenvalue weighted by molar-refractivity contribution is -0.143. The topological polar surface area (TPSA) is 63.6 Å². The molecule has 1 fully saturated rings. The summed E-state index contributed by atoms with van der Waals surface area (Å²) < 4.78 is 18.2. The van der Waals surface area contributed by atoms with Gasteiger partial charge >= 0.3 is 5.97 Å². The highest BCUT2D eigenvalue weighted by molar-refractivity contribution is 5.97. The number of ether oxygens (including phenoxy) is 1. The van der Waals surface area contributed by atoms with Crippen molar-refractivity contribution in [1.29, 1.82) is 0 Å². The molecule has 2 aliphatic carbocycles. The summed E-state index contributed by atoms with van der Waals surface area (Å²) in [4.78, 5) is 23.4. The summed E-state index contributed by atoms with van der Waals surface area (Å²) in [6.07, 6.45) is 8.39. The Labute approximate surface area is 199 Å². The Morgan fingerprint density at radius 2 is 1.74 bits per heavy atom. The van der Waals surface area contributed by atoms with Gasteiger partial charge in [0.15, 0.2) is 0 Å². The molecule has 0 amide bonds. The number of hydrogen-bond acceptors (Lipinski definition) is 4. The number of Topliss-reactive ketones (excluding diaryl/α,β-unsaturated/α-hetero) is 1. The molecule has 0 saturated heterocycles. The van der Waals surface area contributed by atoms with Gasteiger partial charge in [0, 0.05) is 11.8 Å². The van der Waals surface area contributed by atoms with Crippen molar-refractivity contribution in [3.8, 4) is 0 Å². The summed E-state index contributed by atoms with van der Waals surface area (Å²) in [5.74, 6) is -1.27. The monoisotopic (exact) mass is 460 g/mol. The molecule has 34 heavy (non-hydrogen) atoms. The van der Waals surface area contributed by atoms with Crippen molar-refractivity contribution >= 4 is 22.9 Å². The molecule has 0 aliphatic heterocycles. The number of carbonyl (C=O) groups is 2. The van der Waals surface area contributed by atoms with E-state index in [0.29, 0.717) is 0 Å². The van der Waals surface area contributed by atoms with Crippen molar-refractivity contribution in [3.05, 3.63) is 95.3 Å². The van der Waals surface area contributed by atoms with Crippen molar-refractivity contribution < 1.29 is 23.8 Å². The molecule has 176 valence electrons. The zero-order valence-electron chi connectivity index (χ0n) is 19.3. The van der Waals surface area contributed by atoms with Crippen LogP contribution in [0, 0.1) is 11.2 Å². The van der Waals surface area contributed by atoms with E-state index in [-0.39, 0.29) is 29.9 Å². The highest BCUT2D eigenvalue weighted by Crippen LogP contribution is 2.59. The predicted octanol–water partition coefficient (Wildman–Crippen LogP) is 5.68. The number of rotatable bonds is 8. The fourth-order valence-electron chi connectivity index (χ4n) is 5.19. The number of carbonyl (C=O) groups excluding carboxylic acids is 2. The largest absolute Gasteiger partial charge is 0.469 e. The number of aliphatic hydroxyl groups is 1. The fourth-order valence-corrected chi connectivity index (χ4v) is 5.19. The second kappa shape index (κ2) is 10.3. The number of aliphatic hydroxyl groups excluding tert-OH is 1. The Kier molecular flexibility index (Phi) is 7.23. The number of allylic oxidation sites excluding steroid dienone is 5. The number of hydrogen-bond donors (Lipinski definition) is 1. The van der Waals surface area contributed by atoms with E-state index in [4.69, 9.17) is 0 Å². The Balaban J connectivity index is 1.71. The minimum Gasteiger partial charge on any atom is -0.469 e. The van der Waals surface area contributed by atoms with Crippen LogP contribution in [-0.4, -0.2) is 30.1 Å². The van der Waals surface area contributed by atoms with Gasteiger partial charge in [0.05, 0.1) is 13.2 Å². The van der Waals surface area contributed by atoms with Crippen molar-refractivity contribution in [1.82, 2.24) is 0 Å². The molecule has 5 heteroatoms. The van der Waals surface area contributed by atoms with E-state index < -0.39 is 12.1 Å². The van der Waals surface area contributed by atoms with Gasteiger partial charge in [0.25, 0.3) is 0 Å². The molecule has 1 spiro atoms. The standard InChI is InChI=1S/C29H29FO4/c1-34-28(33)18-24(32)17-23(31)13-14-26-25(20-9-11-22(30)12-10-20)19-27(21-7-3-2-4-8-21)29(26)15-5-6-16-29/h2-4,7-14,19,23,31H,5-6,15-18H2,1H3/b14-13+. The summed E-state index contributed by atoms with van der Waals surface area (Å²) in [6, 6.07) is 16.8. The van der Waals surface area contributed by atoms with E-state index in [1.807, 2.05) is 24.3 Å². The summed E-state index contributed by atoms with van der Waals surface area (Å²) in [5, 5.41) is 10.5. The fraction of sp³-hybridized carbons (Fsp3) is 0.310. The SMILES string of the molecule is COC(=O)CC(=O)CC(O)/C=C/C1=C(c2ccc(F)cc2)C=C(c2ccccc2)C12CCCC2. The van der Waals surface area contributed by atoms with Gasteiger partial charge in [-0.05, 0) is 58.9 Å². The Bertz CT molecular complexity index is 1140. The zero-order chi connectivity index (χ0) is 24.1. The molecule has 4 nitrogen and oxygen atoms in total. The van der Waals surface area contributed by atoms with E-state index >= 15 is 0 Å². The second-order valence-corrected chi connectivity index (χ2v) is 8.97. The first-order valence-electron chi connectivity index (χ1n) is 11.7. The number of halogens is 1. The van der Waals surface area contributed by atoms with E-state index in [1.165, 1.54) is 24.8 Å². The lowest BCUT2D eigenvalue weighted by atomic mass is 9.72. The molecule has 0 heterocycles. The molecule has 0 radical (unpaired) electrons. The maximum absolute atomic E-state index is 13.7. The van der Waals surface area contributed by atoms with Crippen molar-refractivity contribution in [2.24, 2.45) is 5.41 Å². The van der Waals surface area contributed by atoms with Gasteiger partial charge in [-0.25, -0.2) is 4.39 Å². The smallest absolute Gasteiger partial charge is 0.313 e. The third-order valence-electron chi connectivity index (χ3n) is 6.80. The molecule has 2 aromatic carbocycles. The van der Waals surface area contributed by atoms with Crippen LogP contribution < -0.4 is 0 Å². The van der Waals surface area contributed by atoms with E-state index in [0.717, 1.165) is 48.0 Å². The molecule has 0 bridgehead atoms. The molecule has 2 aliphatic rings. The Morgan fingerprint density at radius 1 is 1.06 bits per heavy atom. The average Bonchev–Trinajstić information content (AvgIpc) is 3.44. The van der Waals surface area contributed by atoms with Crippen molar-refractivity contribution in [2.75, 3.05) is 7.11 Å². The first kappa shape index (κ1) is 23.8. The third-order valence-corrected chi connectivity index (χ3v) is 6.80. The number of methoxy groups -OCH3 is 1. The van der Waals surface area contributed by atoms with Crippen LogP contribution in [0.25, 0.3) is 11.1 Å². The lowest BCUT2D eigenvalue weighted by Gasteiger charge is -2.31. The van der Waals surface area contributed by atoms with Gasteiger partial charge < -0.3 is 9.84 Å². The van der Waals surface area contributed by atoms with Crippen LogP contribution in [0.5, 0.6) is 0 Å². The second-order valence-electron chi connectivity index (χ2n) is 8.97. The first-order valence-corrected chi connectivity index (χ1v) is 11.7. The number of ketones is 1. The molecule has 1 saturated carbocycles. The molecule has 1 N–H and O–H groups in total. The molecule has 4 rings (SSSR count). The predicted molar refractivity (Wildman–Crippen MR) is 130 cm³/mol. The van der Waals surface area contributed by atoms with E-state index in [9.17, 15) is 19.1 Å².